The van der Waals surface area contributed by atoms with E-state index < -0.39 is 0 Å². The number of allylic oxidation sites excluding steroid dienone is 1. The van der Waals surface area contributed by atoms with Crippen LogP contribution in [-0.4, -0.2) is 0 Å². The van der Waals surface area contributed by atoms with Gasteiger partial charge < -0.3 is 0 Å². The summed E-state index contributed by atoms with van der Waals surface area (Å²) < 4.78 is 0.678. The van der Waals surface area contributed by atoms with Crippen LogP contribution in [0.5, 0.6) is 0 Å². The monoisotopic (exact) mass is 269 g/mol. The zero-order valence-corrected chi connectivity index (χ0v) is 11.1. The molecule has 1 atom stereocenters. The zero-order chi connectivity index (χ0) is 10.4. The van der Waals surface area contributed by atoms with Crippen molar-refractivity contribution in [3.63, 3.8) is 0 Å². The number of hydrogen-bond donors (Lipinski definition) is 0. The van der Waals surface area contributed by atoms with Crippen molar-refractivity contribution in [1.29, 1.82) is 0 Å². The first kappa shape index (κ1) is 9.54. The Kier molecular flexibility index (Phi) is 2.18. The maximum atomic E-state index is 2.36. The van der Waals surface area contributed by atoms with E-state index in [2.05, 4.69) is 49.4 Å². The second-order valence-electron chi connectivity index (χ2n) is 4.11. The predicted octanol–water partition coefficient (Wildman–Crippen LogP) is 3.84. The van der Waals surface area contributed by atoms with Gasteiger partial charge in [0.2, 0.25) is 0 Å². The van der Waals surface area contributed by atoms with Crippen LogP contribution in [0.4, 0.5) is 0 Å². The van der Waals surface area contributed by atoms with Gasteiger partial charge in [-0.2, -0.15) is 0 Å². The summed E-state index contributed by atoms with van der Waals surface area (Å²) in [6, 6.07) is 13.2. The van der Waals surface area contributed by atoms with E-state index >= 15 is 0 Å². The molecule has 1 aliphatic carbocycles. The first-order valence-corrected chi connectivity index (χ1v) is 6.60. The Bertz CT molecular complexity index is 567. The van der Waals surface area contributed by atoms with Crippen molar-refractivity contribution < 1.29 is 24.7 Å². The van der Waals surface area contributed by atoms with Crippen LogP contribution in [-0.2, 0) is 24.7 Å². The van der Waals surface area contributed by atoms with Crippen molar-refractivity contribution in [1.82, 2.24) is 0 Å². The molecule has 0 saturated carbocycles. The second kappa shape index (κ2) is 3.42. The van der Waals surface area contributed by atoms with Gasteiger partial charge >= 0.3 is 105 Å². The Morgan fingerprint density at radius 2 is 1.87 bits per heavy atom. The molecular weight excluding hydrogens is 259 g/mol. The summed E-state index contributed by atoms with van der Waals surface area (Å²) >= 11 is 1.60. The van der Waals surface area contributed by atoms with E-state index in [1.165, 1.54) is 27.5 Å². The first-order chi connectivity index (χ1) is 7.27. The topological polar surface area (TPSA) is 0 Å². The molecule has 0 heterocycles. The number of benzene rings is 2. The van der Waals surface area contributed by atoms with Gasteiger partial charge in [0, 0.05) is 0 Å². The average Bonchev–Trinajstić information content (AvgIpc) is 2.56. The van der Waals surface area contributed by atoms with Gasteiger partial charge in [0.15, 0.2) is 0 Å². The minimum absolute atomic E-state index is 0.678. The number of fused-ring (bicyclic) bond motifs is 3. The molecule has 0 nitrogen and oxygen atoms in total. The molecule has 71 valence electrons. The molecule has 0 aliphatic heterocycles. The fraction of sp³-hybridized carbons (Fsp3) is 0.143. The summed E-state index contributed by atoms with van der Waals surface area (Å²) in [6.07, 6.45) is 2.36. The van der Waals surface area contributed by atoms with Crippen LogP contribution in [0.3, 0.4) is 0 Å². The molecule has 0 fully saturated rings. The van der Waals surface area contributed by atoms with Crippen LogP contribution in [0, 0.1) is 0 Å². The third kappa shape index (κ3) is 1.37. The van der Waals surface area contributed by atoms with Crippen LogP contribution in [0.1, 0.15) is 21.7 Å². The Balaban J connectivity index is 2.41. The molecule has 0 bridgehead atoms. The van der Waals surface area contributed by atoms with E-state index in [4.69, 9.17) is 0 Å². The first-order valence-electron chi connectivity index (χ1n) is 5.18. The van der Waals surface area contributed by atoms with Crippen molar-refractivity contribution in [3.05, 3.63) is 53.1 Å². The second-order valence-corrected chi connectivity index (χ2v) is 5.53. The standard InChI is InChI=1S/C14H11.Zr/c1-10-8-12-7-6-11-4-2-3-5-13(11)14(12)9-10;/h2-9H,1H3;. The van der Waals surface area contributed by atoms with Gasteiger partial charge in [-0.05, 0) is 0 Å². The molecule has 0 N–H and O–H groups in total. The van der Waals surface area contributed by atoms with Crippen LogP contribution in [0.25, 0.3) is 16.8 Å². The predicted molar refractivity (Wildman–Crippen MR) is 60.3 cm³/mol. The molecule has 1 unspecified atom stereocenters. The summed E-state index contributed by atoms with van der Waals surface area (Å²) in [6.45, 7) is 2.24. The normalized spacial score (nSPS) is 18.9. The Hall–Kier alpha value is -0.677. The Labute approximate surface area is 105 Å². The fourth-order valence-electron chi connectivity index (χ4n) is 2.28. The van der Waals surface area contributed by atoms with Crippen LogP contribution >= 0.6 is 0 Å². The van der Waals surface area contributed by atoms with Crippen molar-refractivity contribution in [3.8, 4) is 0 Å². The summed E-state index contributed by atoms with van der Waals surface area (Å²) in [5.41, 5.74) is 4.48. The molecule has 3 rings (SSSR count). The van der Waals surface area contributed by atoms with Crippen molar-refractivity contribution in [2.24, 2.45) is 0 Å². The molecule has 0 amide bonds. The molecule has 2 aromatic carbocycles. The van der Waals surface area contributed by atoms with Gasteiger partial charge in [0.25, 0.3) is 0 Å². The van der Waals surface area contributed by atoms with Gasteiger partial charge in [0.05, 0.1) is 0 Å². The summed E-state index contributed by atoms with van der Waals surface area (Å²) in [7, 11) is 0. The minimum atomic E-state index is 0.678. The molecule has 0 spiro atoms. The molecule has 1 heteroatoms. The van der Waals surface area contributed by atoms with E-state index in [9.17, 15) is 0 Å². The van der Waals surface area contributed by atoms with Gasteiger partial charge in [-0.3, -0.25) is 0 Å². The SMILES string of the molecule is CC1=Cc2c(ccc3ccccc23)[CH]1[Zr]. The number of rotatable bonds is 0. The molecule has 0 radical (unpaired) electrons. The molecule has 15 heavy (non-hydrogen) atoms. The zero-order valence-electron chi connectivity index (χ0n) is 8.62. The van der Waals surface area contributed by atoms with E-state index in [1.54, 1.807) is 24.7 Å². The summed E-state index contributed by atoms with van der Waals surface area (Å²) in [4.78, 5) is 0. The van der Waals surface area contributed by atoms with E-state index in [1.807, 2.05) is 0 Å². The van der Waals surface area contributed by atoms with E-state index in [0.29, 0.717) is 3.63 Å². The maximum absolute atomic E-state index is 2.36. The van der Waals surface area contributed by atoms with Crippen LogP contribution in [0.2, 0.25) is 0 Å². The Morgan fingerprint density at radius 1 is 1.07 bits per heavy atom. The molecule has 2 aromatic rings. The quantitative estimate of drug-likeness (QED) is 0.682. The van der Waals surface area contributed by atoms with Crippen LogP contribution in [0.15, 0.2) is 42.0 Å². The van der Waals surface area contributed by atoms with Gasteiger partial charge in [-0.1, -0.05) is 0 Å². The summed E-state index contributed by atoms with van der Waals surface area (Å²) in [5.74, 6) is 0. The van der Waals surface area contributed by atoms with Crippen LogP contribution < -0.4 is 0 Å². The van der Waals surface area contributed by atoms with E-state index in [0.717, 1.165) is 0 Å². The molecule has 1 aliphatic rings. The fourth-order valence-corrected chi connectivity index (χ4v) is 3.11. The van der Waals surface area contributed by atoms with Crippen molar-refractivity contribution in [2.75, 3.05) is 0 Å². The Morgan fingerprint density at radius 3 is 2.73 bits per heavy atom. The third-order valence-electron chi connectivity index (χ3n) is 3.14. The van der Waals surface area contributed by atoms with Crippen molar-refractivity contribution in [2.45, 2.75) is 10.5 Å². The van der Waals surface area contributed by atoms with Gasteiger partial charge in [-0.15, -0.1) is 0 Å². The molecule has 0 aromatic heterocycles. The molecular formula is C14H11Zr. The van der Waals surface area contributed by atoms with Gasteiger partial charge in [-0.25, -0.2) is 0 Å². The third-order valence-corrected chi connectivity index (χ3v) is 5.03. The van der Waals surface area contributed by atoms with E-state index in [-0.39, 0.29) is 0 Å². The molecule has 0 saturated heterocycles. The van der Waals surface area contributed by atoms with Crippen molar-refractivity contribution >= 4 is 16.8 Å². The number of hydrogen-bond acceptors (Lipinski definition) is 0. The summed E-state index contributed by atoms with van der Waals surface area (Å²) in [5, 5.41) is 2.75. The average molecular weight is 270 g/mol. The van der Waals surface area contributed by atoms with Gasteiger partial charge in [0.1, 0.15) is 0 Å².